The van der Waals surface area contributed by atoms with Gasteiger partial charge in [-0.25, -0.2) is 4.98 Å². The number of benzene rings is 1. The second-order valence-electron chi connectivity index (χ2n) is 4.03. The number of rotatable bonds is 3. The lowest BCUT2D eigenvalue weighted by Gasteiger charge is -2.07. The number of nitrogens with two attached hydrogens (primary N) is 1. The van der Waals surface area contributed by atoms with Crippen molar-refractivity contribution < 1.29 is 9.72 Å². The number of nitrogen functional groups attached to an aromatic ring is 1. The Balaban J connectivity index is 2.30. The van der Waals surface area contributed by atoms with Crippen molar-refractivity contribution in [1.82, 2.24) is 4.98 Å². The summed E-state index contributed by atoms with van der Waals surface area (Å²) in [5, 5.41) is 22.0. The number of aromatic nitrogens is 1. The van der Waals surface area contributed by atoms with Crippen molar-refractivity contribution in [2.45, 2.75) is 0 Å². The molecule has 0 saturated heterocycles. The minimum Gasteiger partial charge on any atom is -0.383 e. The van der Waals surface area contributed by atoms with Gasteiger partial charge in [0.25, 0.3) is 11.6 Å². The van der Waals surface area contributed by atoms with Crippen LogP contribution in [0.1, 0.15) is 15.9 Å². The van der Waals surface area contributed by atoms with Gasteiger partial charge >= 0.3 is 0 Å². The normalized spacial score (nSPS) is 9.67. The Morgan fingerprint density at radius 3 is 2.86 bits per heavy atom. The Morgan fingerprint density at radius 1 is 1.43 bits per heavy atom. The van der Waals surface area contributed by atoms with E-state index in [2.05, 4.69) is 10.3 Å². The van der Waals surface area contributed by atoms with Crippen molar-refractivity contribution in [2.75, 3.05) is 11.1 Å². The number of nitrogens with zero attached hydrogens (tertiary/aromatic N) is 3. The highest BCUT2D eigenvalue weighted by Crippen LogP contribution is 2.19. The molecule has 2 rings (SSSR count). The molecule has 0 atom stereocenters. The number of hydrogen-bond acceptors (Lipinski definition) is 6. The first-order valence-corrected chi connectivity index (χ1v) is 5.72. The van der Waals surface area contributed by atoms with Gasteiger partial charge in [-0.15, -0.1) is 0 Å². The number of hydrogen-bond donors (Lipinski definition) is 2. The molecule has 8 heteroatoms. The first kappa shape index (κ1) is 14.0. The summed E-state index contributed by atoms with van der Waals surface area (Å²) < 4.78 is 0. The Labute approximate surface area is 119 Å². The van der Waals surface area contributed by atoms with Gasteiger partial charge in [-0.3, -0.25) is 14.9 Å². The third kappa shape index (κ3) is 3.10. The Bertz CT molecular complexity index is 767. The average Bonchev–Trinajstić information content (AvgIpc) is 2.47. The molecule has 0 saturated carbocycles. The van der Waals surface area contributed by atoms with Gasteiger partial charge in [0.05, 0.1) is 22.1 Å². The highest BCUT2D eigenvalue weighted by Gasteiger charge is 2.16. The summed E-state index contributed by atoms with van der Waals surface area (Å²) in [6.07, 6.45) is 0.975. The van der Waals surface area contributed by atoms with E-state index >= 15 is 0 Å². The Hall–Kier alpha value is -3.47. The van der Waals surface area contributed by atoms with Gasteiger partial charge in [-0.1, -0.05) is 6.07 Å². The summed E-state index contributed by atoms with van der Waals surface area (Å²) >= 11 is 0. The maximum atomic E-state index is 12.1. The average molecular weight is 283 g/mol. The van der Waals surface area contributed by atoms with Crippen LogP contribution < -0.4 is 11.1 Å². The lowest BCUT2D eigenvalue weighted by molar-refractivity contribution is -0.385. The summed E-state index contributed by atoms with van der Waals surface area (Å²) in [6.45, 7) is 0. The van der Waals surface area contributed by atoms with Crippen molar-refractivity contribution >= 4 is 23.1 Å². The van der Waals surface area contributed by atoms with Crippen LogP contribution in [0.15, 0.2) is 36.5 Å². The van der Waals surface area contributed by atoms with Crippen LogP contribution in [-0.4, -0.2) is 15.8 Å². The minimum atomic E-state index is -0.667. The zero-order valence-corrected chi connectivity index (χ0v) is 10.6. The zero-order valence-electron chi connectivity index (χ0n) is 10.6. The van der Waals surface area contributed by atoms with Crippen molar-refractivity contribution in [1.29, 1.82) is 5.26 Å². The van der Waals surface area contributed by atoms with Crippen LogP contribution in [0.25, 0.3) is 0 Å². The van der Waals surface area contributed by atoms with Crippen LogP contribution >= 0.6 is 0 Å². The standard InChI is InChI=1S/C13H9N5O3/c14-6-8-2-1-3-9(4-8)17-13(19)11-5-10(18(20)21)7-16-12(11)15/h1-5,7H,(H2,15,16)(H,17,19). The van der Waals surface area contributed by atoms with Crippen LogP contribution in [0.5, 0.6) is 0 Å². The van der Waals surface area contributed by atoms with Crippen LogP contribution in [0.2, 0.25) is 0 Å². The lowest BCUT2D eigenvalue weighted by atomic mass is 10.2. The highest BCUT2D eigenvalue weighted by atomic mass is 16.6. The number of anilines is 2. The summed E-state index contributed by atoms with van der Waals surface area (Å²) in [5.41, 5.74) is 5.87. The molecule has 8 nitrogen and oxygen atoms in total. The van der Waals surface area contributed by atoms with Crippen molar-refractivity contribution in [2.24, 2.45) is 0 Å². The first-order valence-electron chi connectivity index (χ1n) is 5.72. The molecular weight excluding hydrogens is 274 g/mol. The number of nitriles is 1. The first-order chi connectivity index (χ1) is 10.0. The van der Waals surface area contributed by atoms with Gasteiger partial charge in [0.15, 0.2) is 0 Å². The fraction of sp³-hybridized carbons (Fsp3) is 0. The van der Waals surface area contributed by atoms with Crippen LogP contribution in [0, 0.1) is 21.4 Å². The molecule has 1 amide bonds. The maximum Gasteiger partial charge on any atom is 0.288 e. The van der Waals surface area contributed by atoms with E-state index in [1.165, 1.54) is 6.07 Å². The second kappa shape index (κ2) is 5.66. The van der Waals surface area contributed by atoms with E-state index in [9.17, 15) is 14.9 Å². The van der Waals surface area contributed by atoms with E-state index in [0.717, 1.165) is 12.3 Å². The van der Waals surface area contributed by atoms with Gasteiger partial charge in [0, 0.05) is 11.8 Å². The van der Waals surface area contributed by atoms with Crippen molar-refractivity contribution in [3.63, 3.8) is 0 Å². The van der Waals surface area contributed by atoms with Gasteiger partial charge in [0.2, 0.25) is 0 Å². The molecule has 0 aliphatic rings. The fourth-order valence-corrected chi connectivity index (χ4v) is 1.61. The van der Waals surface area contributed by atoms with Crippen LogP contribution in [0.4, 0.5) is 17.2 Å². The Kier molecular flexibility index (Phi) is 3.76. The molecule has 104 valence electrons. The van der Waals surface area contributed by atoms with Crippen LogP contribution in [0.3, 0.4) is 0 Å². The number of amides is 1. The third-order valence-corrected chi connectivity index (χ3v) is 2.61. The van der Waals surface area contributed by atoms with E-state index < -0.39 is 10.8 Å². The topological polar surface area (TPSA) is 135 Å². The number of pyridine rings is 1. The molecule has 0 bridgehead atoms. The molecule has 0 fully saturated rings. The molecule has 21 heavy (non-hydrogen) atoms. The van der Waals surface area contributed by atoms with E-state index in [4.69, 9.17) is 11.0 Å². The molecule has 0 radical (unpaired) electrons. The lowest BCUT2D eigenvalue weighted by Crippen LogP contribution is -2.15. The number of carbonyl (C=O) groups excluding carboxylic acids is 1. The molecule has 3 N–H and O–H groups in total. The van der Waals surface area contributed by atoms with E-state index in [1.54, 1.807) is 18.2 Å². The smallest absolute Gasteiger partial charge is 0.288 e. The molecule has 0 unspecified atom stereocenters. The van der Waals surface area contributed by atoms with Crippen molar-refractivity contribution in [3.8, 4) is 6.07 Å². The fourth-order valence-electron chi connectivity index (χ4n) is 1.61. The third-order valence-electron chi connectivity index (χ3n) is 2.61. The molecular formula is C13H9N5O3. The molecule has 2 aromatic rings. The molecule has 1 heterocycles. The number of nitro groups is 1. The van der Waals surface area contributed by atoms with E-state index in [-0.39, 0.29) is 17.1 Å². The predicted octanol–water partition coefficient (Wildman–Crippen LogP) is 1.70. The molecule has 1 aromatic heterocycles. The van der Waals surface area contributed by atoms with Gasteiger partial charge < -0.3 is 11.1 Å². The van der Waals surface area contributed by atoms with E-state index in [1.807, 2.05) is 6.07 Å². The van der Waals surface area contributed by atoms with E-state index in [0.29, 0.717) is 11.3 Å². The Morgan fingerprint density at radius 2 is 2.19 bits per heavy atom. The molecule has 0 aliphatic heterocycles. The zero-order chi connectivity index (χ0) is 15.4. The summed E-state index contributed by atoms with van der Waals surface area (Å²) in [6, 6.07) is 9.22. The monoisotopic (exact) mass is 283 g/mol. The summed E-state index contributed by atoms with van der Waals surface area (Å²) in [7, 11) is 0. The molecule has 1 aromatic carbocycles. The summed E-state index contributed by atoms with van der Waals surface area (Å²) in [5.74, 6) is -0.756. The number of nitrogens with one attached hydrogen (secondary N) is 1. The minimum absolute atomic E-state index is 0.105. The molecule has 0 spiro atoms. The number of carbonyl (C=O) groups is 1. The van der Waals surface area contributed by atoms with Gasteiger partial charge in [-0.2, -0.15) is 5.26 Å². The molecule has 0 aliphatic carbocycles. The predicted molar refractivity (Wildman–Crippen MR) is 74.4 cm³/mol. The largest absolute Gasteiger partial charge is 0.383 e. The quantitative estimate of drug-likeness (QED) is 0.650. The SMILES string of the molecule is N#Cc1cccc(NC(=O)c2cc([N+](=O)[O-])cnc2N)c1. The van der Waals surface area contributed by atoms with Crippen molar-refractivity contribution in [3.05, 3.63) is 57.8 Å². The summed E-state index contributed by atoms with van der Waals surface area (Å²) in [4.78, 5) is 25.7. The maximum absolute atomic E-state index is 12.1. The van der Waals surface area contributed by atoms with Crippen LogP contribution in [-0.2, 0) is 0 Å². The highest BCUT2D eigenvalue weighted by molar-refractivity contribution is 6.07. The van der Waals surface area contributed by atoms with Gasteiger partial charge in [0.1, 0.15) is 12.0 Å². The second-order valence-corrected chi connectivity index (χ2v) is 4.03. The van der Waals surface area contributed by atoms with Gasteiger partial charge in [-0.05, 0) is 18.2 Å².